The molecule has 1 aliphatic heterocycles. The molecule has 0 unspecified atom stereocenters. The van der Waals surface area contributed by atoms with E-state index in [4.69, 9.17) is 18.9 Å². The number of hydrogen-bond acceptors (Lipinski definition) is 9. The molecule has 5 rings (SSSR count). The van der Waals surface area contributed by atoms with Gasteiger partial charge in [-0.2, -0.15) is 0 Å². The largest absolute Gasteiger partial charge is 0.460 e. The van der Waals surface area contributed by atoms with E-state index in [0.717, 1.165) is 25.7 Å². The highest BCUT2D eigenvalue weighted by atomic mass is 16.8. The molecule has 11 nitrogen and oxygen atoms in total. The minimum absolute atomic E-state index is 0.0308. The van der Waals surface area contributed by atoms with E-state index in [9.17, 15) is 24.3 Å². The van der Waals surface area contributed by atoms with Crippen molar-refractivity contribution in [1.82, 2.24) is 10.2 Å². The summed E-state index contributed by atoms with van der Waals surface area (Å²) < 4.78 is 24.8. The van der Waals surface area contributed by atoms with Gasteiger partial charge in [-0.1, -0.05) is 18.2 Å². The van der Waals surface area contributed by atoms with Gasteiger partial charge in [0.2, 0.25) is 11.8 Å². The van der Waals surface area contributed by atoms with E-state index in [1.807, 2.05) is 0 Å². The number of ether oxygens (including phenoxy) is 4. The number of amides is 2. The summed E-state index contributed by atoms with van der Waals surface area (Å²) in [6.07, 6.45) is 7.00. The van der Waals surface area contributed by atoms with Crippen LogP contribution in [0.25, 0.3) is 6.08 Å². The molecule has 1 heterocycles. The van der Waals surface area contributed by atoms with Crippen LogP contribution in [0.2, 0.25) is 0 Å². The van der Waals surface area contributed by atoms with Crippen molar-refractivity contribution in [2.75, 3.05) is 20.7 Å². The van der Waals surface area contributed by atoms with Gasteiger partial charge in [0.15, 0.2) is 5.79 Å². The van der Waals surface area contributed by atoms with Gasteiger partial charge in [0, 0.05) is 50.4 Å². The normalized spacial score (nSPS) is 24.5. The van der Waals surface area contributed by atoms with E-state index in [1.165, 1.54) is 11.0 Å². The first-order valence-electron chi connectivity index (χ1n) is 16.2. The van der Waals surface area contributed by atoms with Crippen LogP contribution in [0.4, 0.5) is 0 Å². The zero-order chi connectivity index (χ0) is 33.2. The van der Waals surface area contributed by atoms with E-state index >= 15 is 0 Å². The third-order valence-electron chi connectivity index (χ3n) is 8.66. The molecule has 2 saturated carbocycles. The molecule has 2 N–H and O–H groups in total. The Morgan fingerprint density at radius 3 is 2.37 bits per heavy atom. The molecule has 250 valence electrons. The number of benzene rings is 1. The van der Waals surface area contributed by atoms with Gasteiger partial charge in [-0.25, -0.2) is 4.79 Å². The van der Waals surface area contributed by atoms with E-state index < -0.39 is 53.6 Å². The maximum atomic E-state index is 13.7. The number of fused-ring (bicyclic) bond motifs is 1. The molecule has 1 aromatic carbocycles. The van der Waals surface area contributed by atoms with Gasteiger partial charge in [-0.05, 0) is 76.7 Å². The fraction of sp³-hybridized carbons (Fsp3) is 0.600. The molecule has 0 spiro atoms. The molecular weight excluding hydrogens is 592 g/mol. The Morgan fingerprint density at radius 1 is 1.09 bits per heavy atom. The Labute approximate surface area is 270 Å². The van der Waals surface area contributed by atoms with Crippen LogP contribution < -0.4 is 5.32 Å². The van der Waals surface area contributed by atoms with Crippen LogP contribution in [-0.4, -0.2) is 90.2 Å². The smallest absolute Gasteiger partial charge is 0.339 e. The molecule has 3 fully saturated rings. The second-order valence-corrected chi connectivity index (χ2v) is 13.9. The van der Waals surface area contributed by atoms with Crippen molar-refractivity contribution in [3.05, 3.63) is 53.1 Å². The van der Waals surface area contributed by atoms with E-state index in [0.29, 0.717) is 11.1 Å². The number of hydrogen-bond donors (Lipinski definition) is 2. The monoisotopic (exact) mass is 638 g/mol. The standard InChI is InChI=1S/C35H46N2O9/c1-34(2,3)45-30(40)17-15-25(20-38)36-32(41)22-18-27(31-28(19-22)44-35(46-31,23-11-12-23)24-13-14-24)43-33(42)26-9-7-6-8-21(26)10-16-29(39)37(4)5/h6-10,16,19,23-25,27-28,31,38H,11-15,17-18,20H2,1-5H3,(H,36,41)/t25-,27+,28+,31-/m0/s1. The summed E-state index contributed by atoms with van der Waals surface area (Å²) >= 11 is 0. The van der Waals surface area contributed by atoms with Crippen LogP contribution in [0.15, 0.2) is 42.0 Å². The maximum absolute atomic E-state index is 13.7. The Hall–Kier alpha value is -3.54. The van der Waals surface area contributed by atoms with Gasteiger partial charge >= 0.3 is 11.9 Å². The predicted octanol–water partition coefficient (Wildman–Crippen LogP) is 3.54. The Balaban J connectivity index is 1.34. The van der Waals surface area contributed by atoms with Crippen molar-refractivity contribution in [3.8, 4) is 0 Å². The number of nitrogens with zero attached hydrogens (tertiary/aromatic N) is 1. The fourth-order valence-corrected chi connectivity index (χ4v) is 6.08. The number of carbonyl (C=O) groups excluding carboxylic acids is 4. The van der Waals surface area contributed by atoms with Crippen LogP contribution in [-0.2, 0) is 33.3 Å². The number of rotatable bonds is 12. The van der Waals surface area contributed by atoms with E-state index in [2.05, 4.69) is 5.32 Å². The molecule has 4 aliphatic rings. The van der Waals surface area contributed by atoms with Crippen molar-refractivity contribution >= 4 is 29.8 Å². The first-order chi connectivity index (χ1) is 21.8. The van der Waals surface area contributed by atoms with Crippen molar-refractivity contribution in [2.45, 2.75) is 101 Å². The minimum Gasteiger partial charge on any atom is -0.460 e. The molecule has 0 aromatic heterocycles. The van der Waals surface area contributed by atoms with Crippen LogP contribution >= 0.6 is 0 Å². The summed E-state index contributed by atoms with van der Waals surface area (Å²) in [6, 6.07) is 6.17. The van der Waals surface area contributed by atoms with Crippen molar-refractivity contribution in [2.24, 2.45) is 11.8 Å². The second-order valence-electron chi connectivity index (χ2n) is 13.9. The van der Waals surface area contributed by atoms with Crippen LogP contribution in [0.1, 0.15) is 81.6 Å². The molecular formula is C35H46N2O9. The Bertz CT molecular complexity index is 1370. The first kappa shape index (κ1) is 33.8. The van der Waals surface area contributed by atoms with Gasteiger partial charge in [0.1, 0.15) is 23.9 Å². The third-order valence-corrected chi connectivity index (χ3v) is 8.66. The highest BCUT2D eigenvalue weighted by Gasteiger charge is 2.64. The van der Waals surface area contributed by atoms with Gasteiger partial charge in [-0.3, -0.25) is 14.4 Å². The molecule has 1 saturated heterocycles. The molecule has 46 heavy (non-hydrogen) atoms. The van der Waals surface area contributed by atoms with Gasteiger partial charge in [0.05, 0.1) is 18.2 Å². The Morgan fingerprint density at radius 2 is 1.76 bits per heavy atom. The second kappa shape index (κ2) is 13.7. The number of likely N-dealkylation sites (N-methyl/N-ethyl adjacent to an activating group) is 1. The predicted molar refractivity (Wildman–Crippen MR) is 168 cm³/mol. The van der Waals surface area contributed by atoms with Crippen molar-refractivity contribution in [1.29, 1.82) is 0 Å². The molecule has 0 radical (unpaired) electrons. The summed E-state index contributed by atoms with van der Waals surface area (Å²) in [6.45, 7) is 4.97. The molecule has 4 atom stereocenters. The lowest BCUT2D eigenvalue weighted by molar-refractivity contribution is -0.209. The van der Waals surface area contributed by atoms with Crippen LogP contribution in [0.5, 0.6) is 0 Å². The lowest BCUT2D eigenvalue weighted by Gasteiger charge is -2.31. The lowest BCUT2D eigenvalue weighted by Crippen LogP contribution is -2.45. The van der Waals surface area contributed by atoms with E-state index in [-0.39, 0.29) is 49.2 Å². The Kier molecular flexibility index (Phi) is 10.0. The zero-order valence-electron chi connectivity index (χ0n) is 27.3. The van der Waals surface area contributed by atoms with E-state index in [1.54, 1.807) is 71.3 Å². The molecule has 0 bridgehead atoms. The van der Waals surface area contributed by atoms with Gasteiger partial charge in [-0.15, -0.1) is 0 Å². The topological polar surface area (TPSA) is 141 Å². The fourth-order valence-electron chi connectivity index (χ4n) is 6.08. The zero-order valence-corrected chi connectivity index (χ0v) is 27.3. The summed E-state index contributed by atoms with van der Waals surface area (Å²) in [5, 5.41) is 12.8. The van der Waals surface area contributed by atoms with Crippen LogP contribution in [0.3, 0.4) is 0 Å². The SMILES string of the molecule is CN(C)C(=O)C=Cc1ccccc1C(=O)O[C@@H]1CC(C(=O)N[C@H](CO)CCC(=O)OC(C)(C)C)=C[C@H]2OC(C3CC3)(C3CC3)O[C@H]21. The summed E-state index contributed by atoms with van der Waals surface area (Å²) in [5.74, 6) is -1.91. The first-order valence-corrected chi connectivity index (χ1v) is 16.2. The summed E-state index contributed by atoms with van der Waals surface area (Å²) in [7, 11) is 3.29. The number of esters is 2. The van der Waals surface area contributed by atoms with Crippen molar-refractivity contribution < 1.29 is 43.2 Å². The molecule has 3 aliphatic carbocycles. The minimum atomic E-state index is -0.822. The quantitative estimate of drug-likeness (QED) is 0.260. The average molecular weight is 639 g/mol. The number of aliphatic hydroxyl groups excluding tert-OH is 1. The lowest BCUT2D eigenvalue weighted by atomic mass is 9.91. The molecule has 2 amide bonds. The molecule has 1 aromatic rings. The van der Waals surface area contributed by atoms with Gasteiger partial charge in [0.25, 0.3) is 0 Å². The number of aliphatic hydroxyl groups is 1. The average Bonchev–Trinajstić information content (AvgIpc) is 3.94. The van der Waals surface area contributed by atoms with Crippen molar-refractivity contribution in [3.63, 3.8) is 0 Å². The number of carbonyl (C=O) groups is 4. The maximum Gasteiger partial charge on any atom is 0.339 e. The highest BCUT2D eigenvalue weighted by molar-refractivity contribution is 5.97. The number of nitrogens with one attached hydrogen (secondary N) is 1. The van der Waals surface area contributed by atoms with Crippen LogP contribution in [0, 0.1) is 11.8 Å². The third kappa shape index (κ3) is 8.05. The summed E-state index contributed by atoms with van der Waals surface area (Å²) in [4.78, 5) is 53.0. The summed E-state index contributed by atoms with van der Waals surface area (Å²) in [5.41, 5.74) is 0.517. The highest BCUT2D eigenvalue weighted by Crippen LogP contribution is 2.59. The molecule has 11 heteroatoms. The van der Waals surface area contributed by atoms with Gasteiger partial charge < -0.3 is 34.3 Å².